The summed E-state index contributed by atoms with van der Waals surface area (Å²) in [7, 11) is 0. The Hall–Kier alpha value is -3.42. The number of benzene rings is 2. The van der Waals surface area contributed by atoms with Crippen LogP contribution in [0.5, 0.6) is 0 Å². The Morgan fingerprint density at radius 1 is 1.00 bits per heavy atom. The molecule has 1 heterocycles. The van der Waals surface area contributed by atoms with Gasteiger partial charge in [-0.15, -0.1) is 0 Å². The fourth-order valence-electron chi connectivity index (χ4n) is 2.51. The van der Waals surface area contributed by atoms with Gasteiger partial charge in [0.05, 0.1) is 11.3 Å². The fourth-order valence-corrected chi connectivity index (χ4v) is 2.51. The summed E-state index contributed by atoms with van der Waals surface area (Å²) in [5, 5.41) is 3.42. The van der Waals surface area contributed by atoms with E-state index in [1.54, 1.807) is 30.3 Å². The molecular formula is C19H13F3N2O3. The van der Waals surface area contributed by atoms with Gasteiger partial charge in [-0.3, -0.25) is 4.79 Å². The predicted molar refractivity (Wildman–Crippen MR) is 92.1 cm³/mol. The summed E-state index contributed by atoms with van der Waals surface area (Å²) in [6.45, 7) is -0.740. The molecular weight excluding hydrogens is 361 g/mol. The summed E-state index contributed by atoms with van der Waals surface area (Å²) in [6, 6.07) is 13.2. The van der Waals surface area contributed by atoms with Crippen molar-refractivity contribution >= 4 is 28.3 Å². The molecule has 138 valence electrons. The molecule has 5 nitrogen and oxygen atoms in total. The van der Waals surface area contributed by atoms with E-state index in [9.17, 15) is 22.8 Å². The number of carbonyl (C=O) groups is 2. The van der Waals surface area contributed by atoms with Crippen molar-refractivity contribution in [2.45, 2.75) is 6.18 Å². The Balaban J connectivity index is 1.69. The van der Waals surface area contributed by atoms with Gasteiger partial charge in [-0.25, -0.2) is 9.78 Å². The molecule has 3 rings (SSSR count). The molecule has 0 bridgehead atoms. The third-order valence-corrected chi connectivity index (χ3v) is 3.71. The van der Waals surface area contributed by atoms with Crippen molar-refractivity contribution in [3.63, 3.8) is 0 Å². The Labute approximate surface area is 151 Å². The largest absolute Gasteiger partial charge is 0.451 e. The van der Waals surface area contributed by atoms with Crippen molar-refractivity contribution < 1.29 is 27.5 Å². The molecule has 1 N–H and O–H groups in total. The number of aromatic nitrogens is 1. The third-order valence-electron chi connectivity index (χ3n) is 3.71. The molecule has 0 aliphatic carbocycles. The number of carbonyl (C=O) groups excluding carboxylic acids is 2. The van der Waals surface area contributed by atoms with Crippen molar-refractivity contribution in [2.24, 2.45) is 0 Å². The van der Waals surface area contributed by atoms with Gasteiger partial charge in [0.15, 0.2) is 12.3 Å². The molecule has 1 aromatic heterocycles. The van der Waals surface area contributed by atoms with Gasteiger partial charge < -0.3 is 10.1 Å². The quantitative estimate of drug-likeness (QED) is 0.700. The standard InChI is InChI=1S/C19H13F3N2O3/c20-19(21,22)14-7-3-4-8-15(14)24-16(25)11-27-18(26)17-13-6-2-1-5-12(13)9-10-23-17/h1-10H,11H2,(H,24,25). The molecule has 3 aromatic rings. The highest BCUT2D eigenvalue weighted by Crippen LogP contribution is 2.34. The van der Waals surface area contributed by atoms with Gasteiger partial charge in [0, 0.05) is 11.6 Å². The number of nitrogens with one attached hydrogen (secondary N) is 1. The van der Waals surface area contributed by atoms with Crippen LogP contribution in [0.3, 0.4) is 0 Å². The average molecular weight is 374 g/mol. The normalized spacial score (nSPS) is 11.2. The average Bonchev–Trinajstić information content (AvgIpc) is 2.65. The minimum absolute atomic E-state index is 0.0246. The number of pyridine rings is 1. The maximum atomic E-state index is 12.9. The first-order valence-corrected chi connectivity index (χ1v) is 7.83. The van der Waals surface area contributed by atoms with Crippen LogP contribution in [-0.4, -0.2) is 23.5 Å². The van der Waals surface area contributed by atoms with Crippen molar-refractivity contribution in [1.82, 2.24) is 4.98 Å². The number of fused-ring (bicyclic) bond motifs is 1. The Bertz CT molecular complexity index is 997. The smallest absolute Gasteiger partial charge is 0.418 e. The Morgan fingerprint density at radius 2 is 1.70 bits per heavy atom. The van der Waals surface area contributed by atoms with E-state index in [1.807, 2.05) is 0 Å². The molecule has 0 unspecified atom stereocenters. The number of hydrogen-bond donors (Lipinski definition) is 1. The van der Waals surface area contributed by atoms with E-state index in [0.717, 1.165) is 17.5 Å². The lowest BCUT2D eigenvalue weighted by Crippen LogP contribution is -2.23. The van der Waals surface area contributed by atoms with Crippen LogP contribution in [0.25, 0.3) is 10.8 Å². The topological polar surface area (TPSA) is 68.3 Å². The first kappa shape index (κ1) is 18.4. The first-order chi connectivity index (χ1) is 12.9. The van der Waals surface area contributed by atoms with E-state index in [4.69, 9.17) is 4.74 Å². The molecule has 0 fully saturated rings. The molecule has 1 amide bonds. The zero-order valence-electron chi connectivity index (χ0n) is 13.8. The SMILES string of the molecule is O=C(COC(=O)c1nccc2ccccc12)Nc1ccccc1C(F)(F)F. The predicted octanol–water partition coefficient (Wildman–Crippen LogP) is 4.05. The van der Waals surface area contributed by atoms with Crippen LogP contribution >= 0.6 is 0 Å². The van der Waals surface area contributed by atoms with E-state index >= 15 is 0 Å². The Morgan fingerprint density at radius 3 is 2.48 bits per heavy atom. The van der Waals surface area contributed by atoms with Gasteiger partial charge in [0.1, 0.15) is 0 Å². The summed E-state index contributed by atoms with van der Waals surface area (Å²) in [4.78, 5) is 28.1. The number of nitrogens with zero attached hydrogens (tertiary/aromatic N) is 1. The number of para-hydroxylation sites is 1. The number of alkyl halides is 3. The summed E-state index contributed by atoms with van der Waals surface area (Å²) in [6.07, 6.45) is -3.19. The van der Waals surface area contributed by atoms with Gasteiger partial charge in [-0.05, 0) is 23.6 Å². The van der Waals surface area contributed by atoms with Crippen molar-refractivity contribution in [2.75, 3.05) is 11.9 Å². The molecule has 0 saturated heterocycles. The summed E-state index contributed by atoms with van der Waals surface area (Å²) < 4.78 is 43.7. The fraction of sp³-hybridized carbons (Fsp3) is 0.105. The van der Waals surface area contributed by atoms with Gasteiger partial charge in [0.2, 0.25) is 0 Å². The highest BCUT2D eigenvalue weighted by atomic mass is 19.4. The van der Waals surface area contributed by atoms with Gasteiger partial charge >= 0.3 is 12.1 Å². The molecule has 0 atom stereocenters. The molecule has 2 aromatic carbocycles. The van der Waals surface area contributed by atoms with Crippen molar-refractivity contribution in [1.29, 1.82) is 0 Å². The van der Waals surface area contributed by atoms with E-state index in [-0.39, 0.29) is 5.69 Å². The lowest BCUT2D eigenvalue weighted by atomic mass is 10.1. The van der Waals surface area contributed by atoms with E-state index in [2.05, 4.69) is 10.3 Å². The second-order valence-corrected chi connectivity index (χ2v) is 5.55. The van der Waals surface area contributed by atoms with E-state index in [1.165, 1.54) is 18.3 Å². The van der Waals surface area contributed by atoms with E-state index in [0.29, 0.717) is 5.39 Å². The Kier molecular flexibility index (Phi) is 5.07. The molecule has 0 spiro atoms. The maximum absolute atomic E-state index is 12.9. The summed E-state index contributed by atoms with van der Waals surface area (Å²) >= 11 is 0. The van der Waals surface area contributed by atoms with Crippen LogP contribution < -0.4 is 5.32 Å². The number of rotatable bonds is 4. The molecule has 0 saturated carbocycles. The maximum Gasteiger partial charge on any atom is 0.418 e. The second-order valence-electron chi connectivity index (χ2n) is 5.55. The van der Waals surface area contributed by atoms with Crippen molar-refractivity contribution in [3.8, 4) is 0 Å². The highest BCUT2D eigenvalue weighted by molar-refractivity contribution is 6.03. The van der Waals surface area contributed by atoms with Crippen LogP contribution in [0, 0.1) is 0 Å². The summed E-state index contributed by atoms with van der Waals surface area (Å²) in [5.41, 5.74) is -1.37. The van der Waals surface area contributed by atoms with Crippen LogP contribution in [0.15, 0.2) is 60.8 Å². The van der Waals surface area contributed by atoms with E-state index < -0.39 is 35.9 Å². The van der Waals surface area contributed by atoms with Crippen LogP contribution in [-0.2, 0) is 15.7 Å². The van der Waals surface area contributed by atoms with Crippen LogP contribution in [0.2, 0.25) is 0 Å². The van der Waals surface area contributed by atoms with Gasteiger partial charge in [-0.1, -0.05) is 36.4 Å². The number of amides is 1. The number of ether oxygens (including phenoxy) is 1. The third kappa shape index (κ3) is 4.22. The lowest BCUT2D eigenvalue weighted by molar-refractivity contribution is -0.137. The van der Waals surface area contributed by atoms with Gasteiger partial charge in [-0.2, -0.15) is 13.2 Å². The monoisotopic (exact) mass is 374 g/mol. The minimum Gasteiger partial charge on any atom is -0.451 e. The molecule has 0 aliphatic rings. The van der Waals surface area contributed by atoms with Gasteiger partial charge in [0.25, 0.3) is 5.91 Å². The molecule has 0 aliphatic heterocycles. The zero-order valence-corrected chi connectivity index (χ0v) is 13.8. The first-order valence-electron chi connectivity index (χ1n) is 7.83. The number of halogens is 3. The van der Waals surface area contributed by atoms with Crippen LogP contribution in [0.1, 0.15) is 16.1 Å². The van der Waals surface area contributed by atoms with Crippen molar-refractivity contribution in [3.05, 3.63) is 72.1 Å². The van der Waals surface area contributed by atoms with Crippen LogP contribution in [0.4, 0.5) is 18.9 Å². The second kappa shape index (κ2) is 7.45. The highest BCUT2D eigenvalue weighted by Gasteiger charge is 2.33. The number of anilines is 1. The molecule has 27 heavy (non-hydrogen) atoms. The number of esters is 1. The molecule has 8 heteroatoms. The molecule has 0 radical (unpaired) electrons. The summed E-state index contributed by atoms with van der Waals surface area (Å²) in [5.74, 6) is -1.73. The minimum atomic E-state index is -4.62. The zero-order chi connectivity index (χ0) is 19.4. The number of hydrogen-bond acceptors (Lipinski definition) is 4. The lowest BCUT2D eigenvalue weighted by Gasteiger charge is -2.13.